The summed E-state index contributed by atoms with van der Waals surface area (Å²) in [5, 5.41) is 12.1. The highest BCUT2D eigenvalue weighted by Crippen LogP contribution is 2.24. The van der Waals surface area contributed by atoms with Crippen molar-refractivity contribution in [3.8, 4) is 0 Å². The van der Waals surface area contributed by atoms with Crippen LogP contribution in [0.5, 0.6) is 0 Å². The molecule has 0 saturated heterocycles. The lowest BCUT2D eigenvalue weighted by Gasteiger charge is -2.18. The SMILES string of the molecule is CCN(Cc1cccs1)c1ncc(CO)s1. The summed E-state index contributed by atoms with van der Waals surface area (Å²) in [5.41, 5.74) is 0. The third-order valence-electron chi connectivity index (χ3n) is 2.28. The van der Waals surface area contributed by atoms with Crippen LogP contribution in [0.1, 0.15) is 16.7 Å². The third-order valence-corrected chi connectivity index (χ3v) is 4.18. The van der Waals surface area contributed by atoms with Gasteiger partial charge in [0.15, 0.2) is 5.13 Å². The molecule has 0 fully saturated rings. The zero-order valence-electron chi connectivity index (χ0n) is 9.09. The zero-order valence-corrected chi connectivity index (χ0v) is 10.7. The fraction of sp³-hybridized carbons (Fsp3) is 0.364. The van der Waals surface area contributed by atoms with Gasteiger partial charge in [0, 0.05) is 17.6 Å². The van der Waals surface area contributed by atoms with E-state index >= 15 is 0 Å². The van der Waals surface area contributed by atoms with Gasteiger partial charge < -0.3 is 10.0 Å². The second-order valence-corrected chi connectivity index (χ2v) is 5.49. The van der Waals surface area contributed by atoms with Gasteiger partial charge in [-0.25, -0.2) is 4.98 Å². The molecule has 86 valence electrons. The number of thiazole rings is 1. The molecule has 0 aliphatic carbocycles. The van der Waals surface area contributed by atoms with E-state index in [9.17, 15) is 0 Å². The second kappa shape index (κ2) is 5.43. The van der Waals surface area contributed by atoms with E-state index in [4.69, 9.17) is 5.11 Å². The Hall–Kier alpha value is -0.910. The van der Waals surface area contributed by atoms with Gasteiger partial charge in [-0.3, -0.25) is 0 Å². The van der Waals surface area contributed by atoms with Gasteiger partial charge in [0.2, 0.25) is 0 Å². The topological polar surface area (TPSA) is 36.4 Å². The Bertz CT molecular complexity index is 425. The van der Waals surface area contributed by atoms with Crippen molar-refractivity contribution in [2.24, 2.45) is 0 Å². The summed E-state index contributed by atoms with van der Waals surface area (Å²) in [7, 11) is 0. The van der Waals surface area contributed by atoms with Crippen molar-refractivity contribution in [3.63, 3.8) is 0 Å². The van der Waals surface area contributed by atoms with E-state index in [0.717, 1.165) is 23.1 Å². The smallest absolute Gasteiger partial charge is 0.185 e. The zero-order chi connectivity index (χ0) is 11.4. The molecule has 2 rings (SSSR count). The van der Waals surface area contributed by atoms with E-state index in [0.29, 0.717) is 0 Å². The van der Waals surface area contributed by atoms with Crippen molar-refractivity contribution in [2.75, 3.05) is 11.4 Å². The molecule has 0 aliphatic rings. The summed E-state index contributed by atoms with van der Waals surface area (Å²) >= 11 is 3.32. The number of rotatable bonds is 5. The highest BCUT2D eigenvalue weighted by Gasteiger charge is 2.10. The van der Waals surface area contributed by atoms with Crippen LogP contribution in [0, 0.1) is 0 Å². The number of aliphatic hydroxyl groups excluding tert-OH is 1. The van der Waals surface area contributed by atoms with Crippen LogP contribution >= 0.6 is 22.7 Å². The van der Waals surface area contributed by atoms with Gasteiger partial charge in [-0.15, -0.1) is 11.3 Å². The number of nitrogens with zero attached hydrogens (tertiary/aromatic N) is 2. The molecular weight excluding hydrogens is 240 g/mol. The summed E-state index contributed by atoms with van der Waals surface area (Å²) in [5.74, 6) is 0. The molecule has 0 saturated carbocycles. The molecule has 0 unspecified atom stereocenters. The Balaban J connectivity index is 2.10. The third kappa shape index (κ3) is 2.61. The Morgan fingerprint density at radius 3 is 2.88 bits per heavy atom. The molecule has 1 N–H and O–H groups in total. The molecule has 2 heterocycles. The normalized spacial score (nSPS) is 10.6. The number of hydrogen-bond donors (Lipinski definition) is 1. The molecule has 0 aliphatic heterocycles. The molecule has 0 amide bonds. The highest BCUT2D eigenvalue weighted by molar-refractivity contribution is 7.15. The molecule has 0 radical (unpaired) electrons. The average molecular weight is 254 g/mol. The summed E-state index contributed by atoms with van der Waals surface area (Å²) in [6.45, 7) is 4.02. The Morgan fingerprint density at radius 1 is 1.44 bits per heavy atom. The first-order valence-electron chi connectivity index (χ1n) is 5.16. The van der Waals surface area contributed by atoms with Gasteiger partial charge in [-0.2, -0.15) is 0 Å². The van der Waals surface area contributed by atoms with Crippen LogP contribution in [-0.4, -0.2) is 16.6 Å². The fourth-order valence-corrected chi connectivity index (χ4v) is 2.97. The lowest BCUT2D eigenvalue weighted by molar-refractivity contribution is 0.285. The predicted molar refractivity (Wildman–Crippen MR) is 69.1 cm³/mol. The monoisotopic (exact) mass is 254 g/mol. The minimum Gasteiger partial charge on any atom is -0.391 e. The largest absolute Gasteiger partial charge is 0.391 e. The molecule has 3 nitrogen and oxygen atoms in total. The van der Waals surface area contributed by atoms with E-state index in [2.05, 4.69) is 34.3 Å². The first-order valence-corrected chi connectivity index (χ1v) is 6.86. The molecular formula is C11H14N2OS2. The summed E-state index contributed by atoms with van der Waals surface area (Å²) in [4.78, 5) is 8.80. The number of thiophene rings is 1. The maximum Gasteiger partial charge on any atom is 0.185 e. The van der Waals surface area contributed by atoms with E-state index in [1.165, 1.54) is 4.88 Å². The van der Waals surface area contributed by atoms with Crippen molar-refractivity contribution >= 4 is 27.8 Å². The minimum absolute atomic E-state index is 0.0776. The first kappa shape index (κ1) is 11.6. The van der Waals surface area contributed by atoms with Crippen molar-refractivity contribution < 1.29 is 5.11 Å². The Labute approximate surface area is 103 Å². The molecule has 16 heavy (non-hydrogen) atoms. The second-order valence-electron chi connectivity index (χ2n) is 3.36. The summed E-state index contributed by atoms with van der Waals surface area (Å²) < 4.78 is 0. The van der Waals surface area contributed by atoms with Crippen molar-refractivity contribution in [1.29, 1.82) is 0 Å². The van der Waals surface area contributed by atoms with E-state index in [-0.39, 0.29) is 6.61 Å². The van der Waals surface area contributed by atoms with E-state index in [1.54, 1.807) is 28.9 Å². The standard InChI is InChI=1S/C11H14N2OS2/c1-2-13(7-9-4-3-5-15-9)11-12-6-10(8-14)16-11/h3-6,14H,2,7-8H2,1H3. The van der Waals surface area contributed by atoms with Crippen LogP contribution in [0.2, 0.25) is 0 Å². The maximum atomic E-state index is 9.02. The van der Waals surface area contributed by atoms with Gasteiger partial charge in [0.25, 0.3) is 0 Å². The molecule has 2 aromatic rings. The van der Waals surface area contributed by atoms with Gasteiger partial charge in [0.05, 0.1) is 18.0 Å². The van der Waals surface area contributed by atoms with Crippen LogP contribution in [0.25, 0.3) is 0 Å². The molecule has 0 bridgehead atoms. The van der Waals surface area contributed by atoms with Gasteiger partial charge in [0.1, 0.15) is 0 Å². The van der Waals surface area contributed by atoms with Crippen LogP contribution < -0.4 is 4.90 Å². The van der Waals surface area contributed by atoms with Gasteiger partial charge in [-0.05, 0) is 18.4 Å². The van der Waals surface area contributed by atoms with Crippen LogP contribution in [0.3, 0.4) is 0 Å². The number of anilines is 1. The van der Waals surface area contributed by atoms with Gasteiger partial charge >= 0.3 is 0 Å². The van der Waals surface area contributed by atoms with Crippen LogP contribution in [0.4, 0.5) is 5.13 Å². The minimum atomic E-state index is 0.0776. The molecule has 0 aromatic carbocycles. The lowest BCUT2D eigenvalue weighted by Crippen LogP contribution is -2.20. The molecule has 0 spiro atoms. The van der Waals surface area contributed by atoms with E-state index < -0.39 is 0 Å². The maximum absolute atomic E-state index is 9.02. The molecule has 2 aromatic heterocycles. The average Bonchev–Trinajstić information content (AvgIpc) is 2.96. The van der Waals surface area contributed by atoms with Crippen LogP contribution in [-0.2, 0) is 13.2 Å². The fourth-order valence-electron chi connectivity index (χ4n) is 1.42. The van der Waals surface area contributed by atoms with E-state index in [1.807, 2.05) is 0 Å². The van der Waals surface area contributed by atoms with Gasteiger partial charge in [-0.1, -0.05) is 17.4 Å². The number of aliphatic hydroxyl groups is 1. The summed E-state index contributed by atoms with van der Waals surface area (Å²) in [6, 6.07) is 4.20. The lowest BCUT2D eigenvalue weighted by atomic mass is 10.4. The van der Waals surface area contributed by atoms with Crippen LogP contribution in [0.15, 0.2) is 23.7 Å². The first-order chi connectivity index (χ1) is 7.83. The number of hydrogen-bond acceptors (Lipinski definition) is 5. The molecule has 0 atom stereocenters. The van der Waals surface area contributed by atoms with Crippen molar-refractivity contribution in [3.05, 3.63) is 33.5 Å². The highest BCUT2D eigenvalue weighted by atomic mass is 32.1. The number of aromatic nitrogens is 1. The Morgan fingerprint density at radius 2 is 2.31 bits per heavy atom. The Kier molecular flexibility index (Phi) is 3.93. The van der Waals surface area contributed by atoms with Crippen molar-refractivity contribution in [1.82, 2.24) is 4.98 Å². The quantitative estimate of drug-likeness (QED) is 0.891. The predicted octanol–water partition coefficient (Wildman–Crippen LogP) is 2.72. The molecule has 5 heteroatoms. The van der Waals surface area contributed by atoms with Crippen molar-refractivity contribution in [2.45, 2.75) is 20.1 Å². The summed E-state index contributed by atoms with van der Waals surface area (Å²) in [6.07, 6.45) is 1.75.